The molecule has 1 aromatic heterocycles. The summed E-state index contributed by atoms with van der Waals surface area (Å²) in [6.45, 7) is 5.08. The maximum absolute atomic E-state index is 5.85. The highest BCUT2D eigenvalue weighted by Gasteiger charge is 2.10. The van der Waals surface area contributed by atoms with E-state index in [0.29, 0.717) is 5.15 Å². The summed E-state index contributed by atoms with van der Waals surface area (Å²) in [6, 6.07) is 8.39. The summed E-state index contributed by atoms with van der Waals surface area (Å²) in [4.78, 5) is 6.45. The van der Waals surface area contributed by atoms with Gasteiger partial charge in [0.15, 0.2) is 5.13 Å². The molecule has 0 spiro atoms. The molecule has 0 aliphatic carbocycles. The molecule has 0 aliphatic heterocycles. The van der Waals surface area contributed by atoms with Crippen molar-refractivity contribution in [3.8, 4) is 0 Å². The van der Waals surface area contributed by atoms with E-state index in [-0.39, 0.29) is 0 Å². The smallest absolute Gasteiger partial charge is 0.191 e. The molecule has 0 unspecified atom stereocenters. The highest BCUT2D eigenvalue weighted by Crippen LogP contribution is 2.29. The normalized spacial score (nSPS) is 10.4. The van der Waals surface area contributed by atoms with Crippen molar-refractivity contribution < 1.29 is 0 Å². The molecular formula is C12H13ClN2S. The van der Waals surface area contributed by atoms with Gasteiger partial charge in [-0.25, -0.2) is 4.98 Å². The summed E-state index contributed by atoms with van der Waals surface area (Å²) in [5, 5.41) is 3.36. The van der Waals surface area contributed by atoms with Crippen LogP contribution >= 0.6 is 22.9 Å². The first-order valence-corrected chi connectivity index (χ1v) is 6.41. The zero-order valence-electron chi connectivity index (χ0n) is 9.27. The van der Waals surface area contributed by atoms with E-state index in [1.165, 1.54) is 5.56 Å². The summed E-state index contributed by atoms with van der Waals surface area (Å²) < 4.78 is 0. The lowest BCUT2D eigenvalue weighted by Crippen LogP contribution is -2.15. The van der Waals surface area contributed by atoms with Crippen molar-refractivity contribution in [3.05, 3.63) is 40.4 Å². The van der Waals surface area contributed by atoms with Gasteiger partial charge in [0.2, 0.25) is 0 Å². The highest BCUT2D eigenvalue weighted by molar-refractivity contribution is 7.14. The molecule has 0 bridgehead atoms. The van der Waals surface area contributed by atoms with E-state index >= 15 is 0 Å². The van der Waals surface area contributed by atoms with Crippen LogP contribution in [-0.2, 0) is 0 Å². The van der Waals surface area contributed by atoms with E-state index < -0.39 is 0 Å². The molecule has 2 nitrogen and oxygen atoms in total. The number of aromatic nitrogens is 1. The number of rotatable bonds is 3. The van der Waals surface area contributed by atoms with Gasteiger partial charge in [0.05, 0.1) is 0 Å². The number of thiazole rings is 1. The lowest BCUT2D eigenvalue weighted by molar-refractivity contribution is 1.01. The molecular weight excluding hydrogens is 240 g/mol. The third kappa shape index (κ3) is 2.36. The third-order valence-electron chi connectivity index (χ3n) is 2.32. The molecule has 4 heteroatoms. The van der Waals surface area contributed by atoms with Gasteiger partial charge in [-0.3, -0.25) is 0 Å². The van der Waals surface area contributed by atoms with Crippen molar-refractivity contribution in [1.82, 2.24) is 4.98 Å². The minimum atomic E-state index is 0.561. The van der Waals surface area contributed by atoms with Crippen LogP contribution in [-0.4, -0.2) is 11.5 Å². The van der Waals surface area contributed by atoms with E-state index in [1.54, 1.807) is 11.3 Å². The molecule has 0 aliphatic rings. The lowest BCUT2D eigenvalue weighted by Gasteiger charge is -2.20. The van der Waals surface area contributed by atoms with Gasteiger partial charge in [0.25, 0.3) is 0 Å². The fourth-order valence-electron chi connectivity index (χ4n) is 1.59. The molecule has 0 saturated carbocycles. The van der Waals surface area contributed by atoms with Crippen LogP contribution in [0.4, 0.5) is 10.8 Å². The average molecular weight is 253 g/mol. The molecule has 84 valence electrons. The van der Waals surface area contributed by atoms with Gasteiger partial charge in [-0.2, -0.15) is 0 Å². The van der Waals surface area contributed by atoms with Crippen LogP contribution in [0.1, 0.15) is 12.5 Å². The topological polar surface area (TPSA) is 16.1 Å². The molecule has 0 radical (unpaired) electrons. The van der Waals surface area contributed by atoms with Crippen LogP contribution in [0, 0.1) is 6.92 Å². The molecule has 0 saturated heterocycles. The van der Waals surface area contributed by atoms with Crippen molar-refractivity contribution in [1.29, 1.82) is 0 Å². The predicted molar refractivity (Wildman–Crippen MR) is 71.0 cm³/mol. The van der Waals surface area contributed by atoms with Crippen LogP contribution < -0.4 is 4.90 Å². The highest BCUT2D eigenvalue weighted by atomic mass is 35.5. The Bertz CT molecular complexity index is 481. The SMILES string of the molecule is CCN(c1cccc(C)c1)c1nc(Cl)cs1. The molecule has 0 fully saturated rings. The summed E-state index contributed by atoms with van der Waals surface area (Å²) in [5.74, 6) is 0. The number of aryl methyl sites for hydroxylation is 1. The molecule has 1 aromatic carbocycles. The largest absolute Gasteiger partial charge is 0.318 e. The molecule has 0 atom stereocenters. The number of anilines is 2. The van der Waals surface area contributed by atoms with Gasteiger partial charge in [-0.1, -0.05) is 23.7 Å². The van der Waals surface area contributed by atoms with Crippen molar-refractivity contribution in [2.45, 2.75) is 13.8 Å². The lowest BCUT2D eigenvalue weighted by atomic mass is 10.2. The second-order valence-corrected chi connectivity index (χ2v) is 4.76. The summed E-state index contributed by atoms with van der Waals surface area (Å²) in [7, 11) is 0. The minimum absolute atomic E-state index is 0.561. The quantitative estimate of drug-likeness (QED) is 0.811. The second-order valence-electron chi connectivity index (χ2n) is 3.54. The molecule has 1 heterocycles. The van der Waals surface area contributed by atoms with Crippen LogP contribution in [0.3, 0.4) is 0 Å². The molecule has 0 amide bonds. The molecule has 16 heavy (non-hydrogen) atoms. The van der Waals surface area contributed by atoms with Crippen LogP contribution in [0.25, 0.3) is 0 Å². The number of benzene rings is 1. The van der Waals surface area contributed by atoms with Gasteiger partial charge in [0.1, 0.15) is 5.15 Å². The van der Waals surface area contributed by atoms with Gasteiger partial charge < -0.3 is 4.90 Å². The standard InChI is InChI=1S/C12H13ClN2S/c1-3-15(12-14-11(13)8-16-12)10-6-4-5-9(2)7-10/h4-8H,3H2,1-2H3. The summed E-state index contributed by atoms with van der Waals surface area (Å²) in [5.41, 5.74) is 2.41. The maximum Gasteiger partial charge on any atom is 0.191 e. The number of hydrogen-bond donors (Lipinski definition) is 0. The van der Waals surface area contributed by atoms with Gasteiger partial charge in [-0.05, 0) is 31.5 Å². The Morgan fingerprint density at radius 3 is 2.81 bits per heavy atom. The first-order chi connectivity index (χ1) is 7.70. The Balaban J connectivity index is 2.36. The minimum Gasteiger partial charge on any atom is -0.318 e. The van der Waals surface area contributed by atoms with Gasteiger partial charge >= 0.3 is 0 Å². The van der Waals surface area contributed by atoms with E-state index in [9.17, 15) is 0 Å². The van der Waals surface area contributed by atoms with Crippen molar-refractivity contribution in [2.75, 3.05) is 11.4 Å². The predicted octanol–water partition coefficient (Wildman–Crippen LogP) is 4.26. The number of hydrogen-bond acceptors (Lipinski definition) is 3. The van der Waals surface area contributed by atoms with E-state index in [1.807, 2.05) is 5.38 Å². The fourth-order valence-corrected chi connectivity index (χ4v) is 2.63. The Labute approximate surface area is 105 Å². The van der Waals surface area contributed by atoms with Crippen LogP contribution in [0.5, 0.6) is 0 Å². The third-order valence-corrected chi connectivity index (χ3v) is 3.51. The molecule has 2 rings (SSSR count). The van der Waals surface area contributed by atoms with Crippen molar-refractivity contribution >= 4 is 33.8 Å². The summed E-state index contributed by atoms with van der Waals surface area (Å²) >= 11 is 7.42. The fraction of sp³-hybridized carbons (Fsp3) is 0.250. The van der Waals surface area contributed by atoms with E-state index in [2.05, 4.69) is 48.0 Å². The van der Waals surface area contributed by atoms with Crippen LogP contribution in [0.2, 0.25) is 5.15 Å². The van der Waals surface area contributed by atoms with Crippen molar-refractivity contribution in [2.24, 2.45) is 0 Å². The Hall–Kier alpha value is -1.06. The zero-order chi connectivity index (χ0) is 11.5. The van der Waals surface area contributed by atoms with Gasteiger partial charge in [-0.15, -0.1) is 11.3 Å². The number of halogens is 1. The van der Waals surface area contributed by atoms with Crippen molar-refractivity contribution in [3.63, 3.8) is 0 Å². The molecule has 2 aromatic rings. The zero-order valence-corrected chi connectivity index (χ0v) is 10.8. The Morgan fingerprint density at radius 2 is 2.25 bits per heavy atom. The monoisotopic (exact) mass is 252 g/mol. The van der Waals surface area contributed by atoms with Crippen LogP contribution in [0.15, 0.2) is 29.6 Å². The first-order valence-electron chi connectivity index (χ1n) is 5.16. The number of nitrogens with zero attached hydrogens (tertiary/aromatic N) is 2. The van der Waals surface area contributed by atoms with E-state index in [4.69, 9.17) is 11.6 Å². The Morgan fingerprint density at radius 1 is 1.44 bits per heavy atom. The second kappa shape index (κ2) is 4.85. The first kappa shape index (κ1) is 11.4. The average Bonchev–Trinajstić information content (AvgIpc) is 2.66. The molecule has 0 N–H and O–H groups in total. The Kier molecular flexibility index (Phi) is 3.46. The summed E-state index contributed by atoms with van der Waals surface area (Å²) in [6.07, 6.45) is 0. The van der Waals surface area contributed by atoms with E-state index in [0.717, 1.165) is 17.4 Å². The van der Waals surface area contributed by atoms with Gasteiger partial charge in [0, 0.05) is 17.6 Å². The maximum atomic E-state index is 5.85.